The maximum absolute atomic E-state index is 6.86. The van der Waals surface area contributed by atoms with Crippen molar-refractivity contribution in [3.63, 3.8) is 0 Å². The summed E-state index contributed by atoms with van der Waals surface area (Å²) < 4.78 is 0. The Morgan fingerprint density at radius 1 is 0.463 bits per heavy atom. The Morgan fingerprint density at radius 2 is 1.02 bits per heavy atom. The number of hydrogen-bond donors (Lipinski definition) is 0. The minimum Gasteiger partial charge on any atom is -0.0812 e. The summed E-state index contributed by atoms with van der Waals surface area (Å²) in [6.45, 7) is 0. The number of rotatable bonds is 1. The molecule has 5 aliphatic rings. The van der Waals surface area contributed by atoms with Crippen LogP contribution in [-0.4, -0.2) is 7.85 Å². The zero-order valence-electron chi connectivity index (χ0n) is 23.2. The van der Waals surface area contributed by atoms with E-state index in [4.69, 9.17) is 7.85 Å². The van der Waals surface area contributed by atoms with E-state index in [2.05, 4.69) is 103 Å². The predicted molar refractivity (Wildman–Crippen MR) is 173 cm³/mol. The van der Waals surface area contributed by atoms with Crippen LogP contribution in [0, 0.1) is 23.7 Å². The highest BCUT2D eigenvalue weighted by molar-refractivity contribution is 6.47. The van der Waals surface area contributed by atoms with E-state index in [9.17, 15) is 0 Å². The van der Waals surface area contributed by atoms with Gasteiger partial charge in [-0.25, -0.2) is 0 Å². The summed E-state index contributed by atoms with van der Waals surface area (Å²) in [4.78, 5) is 0. The second-order valence-electron chi connectivity index (χ2n) is 13.5. The SMILES string of the molecule is [B]c1c2ccccc2c(-c2cccc3c2-c2c(ccc4ccccc24)C32C3CC4CC(C3)CC2C4)c2ccccc12. The quantitative estimate of drug-likeness (QED) is 0.149. The fourth-order valence-corrected chi connectivity index (χ4v) is 10.7. The molecule has 4 bridgehead atoms. The van der Waals surface area contributed by atoms with Crippen molar-refractivity contribution >= 4 is 45.6 Å². The van der Waals surface area contributed by atoms with Crippen molar-refractivity contribution in [3.8, 4) is 22.3 Å². The van der Waals surface area contributed by atoms with Crippen LogP contribution < -0.4 is 5.46 Å². The first-order valence-corrected chi connectivity index (χ1v) is 15.6. The Morgan fingerprint density at radius 3 is 1.68 bits per heavy atom. The van der Waals surface area contributed by atoms with Gasteiger partial charge < -0.3 is 0 Å². The third-order valence-corrected chi connectivity index (χ3v) is 11.8. The number of fused-ring (bicyclic) bond motifs is 7. The molecule has 194 valence electrons. The topological polar surface area (TPSA) is 0 Å². The van der Waals surface area contributed by atoms with Crippen LogP contribution in [0.15, 0.2) is 103 Å². The molecular weight excluding hydrogens is 491 g/mol. The third kappa shape index (κ3) is 2.74. The molecule has 4 saturated carbocycles. The molecule has 1 heteroatoms. The minimum absolute atomic E-state index is 0.136. The van der Waals surface area contributed by atoms with E-state index in [1.165, 1.54) is 75.9 Å². The van der Waals surface area contributed by atoms with Gasteiger partial charge in [0.15, 0.2) is 0 Å². The summed E-state index contributed by atoms with van der Waals surface area (Å²) in [6.07, 6.45) is 7.07. The van der Waals surface area contributed by atoms with E-state index in [1.807, 2.05) is 0 Å². The van der Waals surface area contributed by atoms with Gasteiger partial charge >= 0.3 is 0 Å². The number of hydrogen-bond acceptors (Lipinski definition) is 0. The van der Waals surface area contributed by atoms with Crippen molar-refractivity contribution in [1.82, 2.24) is 0 Å². The smallest absolute Gasteiger partial charge is 0.0812 e. The molecule has 4 fully saturated rings. The van der Waals surface area contributed by atoms with Crippen molar-refractivity contribution in [1.29, 1.82) is 0 Å². The molecule has 0 saturated heterocycles. The molecule has 41 heavy (non-hydrogen) atoms. The van der Waals surface area contributed by atoms with Gasteiger partial charge in [0.25, 0.3) is 0 Å². The van der Waals surface area contributed by atoms with E-state index in [0.29, 0.717) is 0 Å². The predicted octanol–water partition coefficient (Wildman–Crippen LogP) is 9.33. The zero-order chi connectivity index (χ0) is 26.9. The van der Waals surface area contributed by atoms with E-state index in [-0.39, 0.29) is 5.41 Å². The molecule has 0 aliphatic heterocycles. The molecule has 0 atom stereocenters. The van der Waals surface area contributed by atoms with Crippen LogP contribution >= 0.6 is 0 Å². The standard InChI is InChI=1S/C40H31B/c41-39-31-12-5-3-10-29(31)36(30-11-4-6-13-32(30)39)33-14-7-15-34-38(33)37-28-9-2-1-8-25(28)16-17-35(37)40(34)26-19-23-18-24(21-26)22-27(40)20-23/h1-17,23-24,26-27H,18-22H2. The Hall–Kier alpha value is -3.84. The molecule has 0 heterocycles. The van der Waals surface area contributed by atoms with E-state index in [1.54, 1.807) is 11.1 Å². The van der Waals surface area contributed by atoms with Crippen molar-refractivity contribution in [3.05, 3.63) is 114 Å². The van der Waals surface area contributed by atoms with Gasteiger partial charge in [0.2, 0.25) is 0 Å². The summed E-state index contributed by atoms with van der Waals surface area (Å²) in [5, 5.41) is 7.57. The molecule has 0 unspecified atom stereocenters. The lowest BCUT2D eigenvalue weighted by Gasteiger charge is -2.61. The first kappa shape index (κ1) is 22.8. The zero-order valence-corrected chi connectivity index (χ0v) is 23.2. The van der Waals surface area contributed by atoms with Crippen molar-refractivity contribution < 1.29 is 0 Å². The van der Waals surface area contributed by atoms with Crippen LogP contribution in [0.4, 0.5) is 0 Å². The number of benzene rings is 6. The highest BCUT2D eigenvalue weighted by Crippen LogP contribution is 2.70. The van der Waals surface area contributed by atoms with Gasteiger partial charge in [-0.15, -0.1) is 0 Å². The molecule has 0 N–H and O–H groups in total. The highest BCUT2D eigenvalue weighted by Gasteiger charge is 2.62. The van der Waals surface area contributed by atoms with Crippen LogP contribution in [0.25, 0.3) is 54.6 Å². The van der Waals surface area contributed by atoms with E-state index >= 15 is 0 Å². The van der Waals surface area contributed by atoms with Gasteiger partial charge in [0.05, 0.1) is 0 Å². The molecule has 6 aromatic rings. The van der Waals surface area contributed by atoms with Gasteiger partial charge in [-0.3, -0.25) is 0 Å². The lowest BCUT2D eigenvalue weighted by molar-refractivity contribution is -0.0399. The van der Waals surface area contributed by atoms with Crippen molar-refractivity contribution in [2.75, 3.05) is 0 Å². The fraction of sp³-hybridized carbons (Fsp3) is 0.250. The van der Waals surface area contributed by atoms with Gasteiger partial charge in [0.1, 0.15) is 7.85 Å². The Labute approximate surface area is 242 Å². The van der Waals surface area contributed by atoms with Gasteiger partial charge in [0, 0.05) is 5.41 Å². The highest BCUT2D eigenvalue weighted by atomic mass is 14.6. The second-order valence-corrected chi connectivity index (χ2v) is 13.5. The first-order chi connectivity index (χ1) is 20.2. The molecule has 11 rings (SSSR count). The first-order valence-electron chi connectivity index (χ1n) is 15.6. The van der Waals surface area contributed by atoms with E-state index < -0.39 is 0 Å². The summed E-state index contributed by atoms with van der Waals surface area (Å²) in [7, 11) is 6.86. The third-order valence-electron chi connectivity index (χ3n) is 11.8. The van der Waals surface area contributed by atoms with Crippen LogP contribution in [0.1, 0.15) is 43.2 Å². The molecule has 5 aliphatic carbocycles. The van der Waals surface area contributed by atoms with Gasteiger partial charge in [-0.05, 0) is 121 Å². The molecule has 0 amide bonds. The van der Waals surface area contributed by atoms with Crippen LogP contribution in [0.5, 0.6) is 0 Å². The lowest BCUT2D eigenvalue weighted by Crippen LogP contribution is -2.55. The Balaban J connectivity index is 1.39. The monoisotopic (exact) mass is 522 g/mol. The minimum atomic E-state index is 0.136. The largest absolute Gasteiger partial charge is 0.115 e. The van der Waals surface area contributed by atoms with Crippen LogP contribution in [0.3, 0.4) is 0 Å². The molecule has 1 spiro atoms. The van der Waals surface area contributed by atoms with Crippen molar-refractivity contribution in [2.24, 2.45) is 23.7 Å². The van der Waals surface area contributed by atoms with Gasteiger partial charge in [-0.2, -0.15) is 0 Å². The summed E-state index contributed by atoms with van der Waals surface area (Å²) in [5.41, 5.74) is 9.96. The van der Waals surface area contributed by atoms with Crippen LogP contribution in [-0.2, 0) is 5.41 Å². The average molecular weight is 523 g/mol. The molecule has 0 aromatic heterocycles. The van der Waals surface area contributed by atoms with Gasteiger partial charge in [-0.1, -0.05) is 109 Å². The van der Waals surface area contributed by atoms with E-state index in [0.717, 1.165) is 39.9 Å². The summed E-state index contributed by atoms with van der Waals surface area (Å²) >= 11 is 0. The Bertz CT molecular complexity index is 2000. The summed E-state index contributed by atoms with van der Waals surface area (Å²) in [6, 6.07) is 38.9. The fourth-order valence-electron chi connectivity index (χ4n) is 10.7. The second kappa shape index (κ2) is 7.92. The normalized spacial score (nSPS) is 27.2. The molecule has 2 radical (unpaired) electrons. The molecule has 6 aromatic carbocycles. The summed E-state index contributed by atoms with van der Waals surface area (Å²) in [5.74, 6) is 3.36. The Kier molecular flexibility index (Phi) is 4.40. The maximum Gasteiger partial charge on any atom is 0.115 e. The molecule has 0 nitrogen and oxygen atoms in total. The maximum atomic E-state index is 6.86. The van der Waals surface area contributed by atoms with Crippen LogP contribution in [0.2, 0.25) is 0 Å². The molecular formula is C40H31B. The van der Waals surface area contributed by atoms with Crippen molar-refractivity contribution in [2.45, 2.75) is 37.5 Å². The average Bonchev–Trinajstić information content (AvgIpc) is 3.32. The lowest BCUT2D eigenvalue weighted by atomic mass is 9.43.